The van der Waals surface area contributed by atoms with Crippen molar-refractivity contribution in [3.05, 3.63) is 17.5 Å². The van der Waals surface area contributed by atoms with Gasteiger partial charge in [0.25, 0.3) is 0 Å². The zero-order valence-electron chi connectivity index (χ0n) is 9.42. The van der Waals surface area contributed by atoms with Crippen LogP contribution in [0.25, 0.3) is 0 Å². The van der Waals surface area contributed by atoms with Crippen molar-refractivity contribution in [1.29, 1.82) is 0 Å². The minimum Gasteiger partial charge on any atom is -0.381 e. The molecule has 0 aromatic carbocycles. The van der Waals surface area contributed by atoms with Crippen LogP contribution in [0.2, 0.25) is 0 Å². The van der Waals surface area contributed by atoms with Gasteiger partial charge in [-0.2, -0.15) is 5.10 Å². The van der Waals surface area contributed by atoms with Gasteiger partial charge in [0.2, 0.25) is 0 Å². The molecule has 1 aliphatic heterocycles. The number of nitrogens with one attached hydrogen (secondary N) is 2. The Hall–Kier alpha value is -0.870. The SMILES string of the molecule is CC(C)NCc1cc(C2CCOC2)n[nH]1. The molecule has 0 spiro atoms. The summed E-state index contributed by atoms with van der Waals surface area (Å²) in [5, 5.41) is 10.8. The molecule has 1 aromatic heterocycles. The van der Waals surface area contributed by atoms with Crippen LogP contribution in [-0.2, 0) is 11.3 Å². The van der Waals surface area contributed by atoms with Crippen LogP contribution in [0.1, 0.15) is 37.6 Å². The van der Waals surface area contributed by atoms with Crippen molar-refractivity contribution in [2.75, 3.05) is 13.2 Å². The number of aromatic amines is 1. The molecule has 1 aliphatic rings. The Bertz CT molecular complexity index is 303. The molecule has 1 saturated heterocycles. The number of H-pyrrole nitrogens is 1. The van der Waals surface area contributed by atoms with Gasteiger partial charge >= 0.3 is 0 Å². The van der Waals surface area contributed by atoms with Crippen molar-refractivity contribution in [1.82, 2.24) is 15.5 Å². The van der Waals surface area contributed by atoms with Gasteiger partial charge in [-0.25, -0.2) is 0 Å². The first-order valence-electron chi connectivity index (χ1n) is 5.61. The van der Waals surface area contributed by atoms with E-state index in [0.29, 0.717) is 12.0 Å². The third-order valence-electron chi connectivity index (χ3n) is 2.70. The average molecular weight is 209 g/mol. The molecule has 1 unspecified atom stereocenters. The molecule has 0 bridgehead atoms. The Labute approximate surface area is 90.4 Å². The molecule has 0 radical (unpaired) electrons. The number of rotatable bonds is 4. The first kappa shape index (κ1) is 10.6. The van der Waals surface area contributed by atoms with Gasteiger partial charge in [-0.1, -0.05) is 13.8 Å². The van der Waals surface area contributed by atoms with Crippen LogP contribution in [0.4, 0.5) is 0 Å². The minimum atomic E-state index is 0.494. The predicted molar refractivity (Wildman–Crippen MR) is 58.7 cm³/mol. The van der Waals surface area contributed by atoms with E-state index in [1.54, 1.807) is 0 Å². The number of nitrogens with zero attached hydrogens (tertiary/aromatic N) is 1. The first-order valence-corrected chi connectivity index (χ1v) is 5.61. The minimum absolute atomic E-state index is 0.494. The van der Waals surface area contributed by atoms with Crippen LogP contribution in [0.15, 0.2) is 6.07 Å². The maximum Gasteiger partial charge on any atom is 0.0680 e. The summed E-state index contributed by atoms with van der Waals surface area (Å²) in [5.41, 5.74) is 2.30. The van der Waals surface area contributed by atoms with E-state index >= 15 is 0 Å². The highest BCUT2D eigenvalue weighted by atomic mass is 16.5. The zero-order valence-corrected chi connectivity index (χ0v) is 9.42. The van der Waals surface area contributed by atoms with Gasteiger partial charge in [0.05, 0.1) is 12.3 Å². The van der Waals surface area contributed by atoms with Crippen molar-refractivity contribution in [3.8, 4) is 0 Å². The van der Waals surface area contributed by atoms with E-state index in [0.717, 1.165) is 37.6 Å². The molecule has 2 rings (SSSR count). The Balaban J connectivity index is 1.91. The van der Waals surface area contributed by atoms with Gasteiger partial charge in [-0.05, 0) is 12.5 Å². The maximum atomic E-state index is 5.35. The Morgan fingerprint density at radius 2 is 2.53 bits per heavy atom. The van der Waals surface area contributed by atoms with Crippen LogP contribution >= 0.6 is 0 Å². The van der Waals surface area contributed by atoms with Crippen molar-refractivity contribution < 1.29 is 4.74 Å². The lowest BCUT2D eigenvalue weighted by Gasteiger charge is -2.05. The van der Waals surface area contributed by atoms with E-state index in [9.17, 15) is 0 Å². The number of ether oxygens (including phenoxy) is 1. The molecule has 0 saturated carbocycles. The lowest BCUT2D eigenvalue weighted by molar-refractivity contribution is 0.193. The van der Waals surface area contributed by atoms with Crippen molar-refractivity contribution in [2.45, 2.75) is 38.8 Å². The molecule has 84 valence electrons. The monoisotopic (exact) mass is 209 g/mol. The van der Waals surface area contributed by atoms with E-state index in [2.05, 4.69) is 35.4 Å². The lowest BCUT2D eigenvalue weighted by atomic mass is 10.1. The molecule has 1 fully saturated rings. The highest BCUT2D eigenvalue weighted by molar-refractivity contribution is 5.14. The van der Waals surface area contributed by atoms with Gasteiger partial charge in [-0.15, -0.1) is 0 Å². The summed E-state index contributed by atoms with van der Waals surface area (Å²) < 4.78 is 5.35. The van der Waals surface area contributed by atoms with Crippen LogP contribution in [-0.4, -0.2) is 29.5 Å². The quantitative estimate of drug-likeness (QED) is 0.788. The molecular weight excluding hydrogens is 190 g/mol. The van der Waals surface area contributed by atoms with E-state index in [1.165, 1.54) is 0 Å². The highest BCUT2D eigenvalue weighted by Crippen LogP contribution is 2.23. The van der Waals surface area contributed by atoms with Gasteiger partial charge in [0.15, 0.2) is 0 Å². The second-order valence-corrected chi connectivity index (χ2v) is 4.41. The number of hydrogen-bond donors (Lipinski definition) is 2. The second-order valence-electron chi connectivity index (χ2n) is 4.41. The predicted octanol–water partition coefficient (Wildman–Crippen LogP) is 1.41. The van der Waals surface area contributed by atoms with Gasteiger partial charge in [0.1, 0.15) is 0 Å². The molecule has 15 heavy (non-hydrogen) atoms. The summed E-state index contributed by atoms with van der Waals surface area (Å²) in [5.74, 6) is 0.494. The smallest absolute Gasteiger partial charge is 0.0680 e. The van der Waals surface area contributed by atoms with Crippen molar-refractivity contribution >= 4 is 0 Å². The van der Waals surface area contributed by atoms with Crippen LogP contribution in [0.3, 0.4) is 0 Å². The van der Waals surface area contributed by atoms with Gasteiger partial charge in [-0.3, -0.25) is 5.10 Å². The zero-order chi connectivity index (χ0) is 10.7. The summed E-state index contributed by atoms with van der Waals surface area (Å²) >= 11 is 0. The molecule has 2 heterocycles. The molecule has 4 heteroatoms. The molecule has 2 N–H and O–H groups in total. The summed E-state index contributed by atoms with van der Waals surface area (Å²) in [7, 11) is 0. The maximum absolute atomic E-state index is 5.35. The third kappa shape index (κ3) is 2.79. The number of hydrogen-bond acceptors (Lipinski definition) is 3. The van der Waals surface area contributed by atoms with Crippen LogP contribution in [0, 0.1) is 0 Å². The molecule has 4 nitrogen and oxygen atoms in total. The van der Waals surface area contributed by atoms with Crippen LogP contribution in [0.5, 0.6) is 0 Å². The summed E-state index contributed by atoms with van der Waals surface area (Å²) in [6.45, 7) is 6.83. The molecular formula is C11H19N3O. The Kier molecular flexibility index (Phi) is 3.38. The van der Waals surface area contributed by atoms with E-state index < -0.39 is 0 Å². The molecule has 0 amide bonds. The Morgan fingerprint density at radius 3 is 3.20 bits per heavy atom. The lowest BCUT2D eigenvalue weighted by Crippen LogP contribution is -2.21. The summed E-state index contributed by atoms with van der Waals surface area (Å²) in [6, 6.07) is 2.65. The third-order valence-corrected chi connectivity index (χ3v) is 2.70. The molecule has 0 aliphatic carbocycles. The fraction of sp³-hybridized carbons (Fsp3) is 0.727. The van der Waals surface area contributed by atoms with Crippen LogP contribution < -0.4 is 5.32 Å². The van der Waals surface area contributed by atoms with Gasteiger partial charge < -0.3 is 10.1 Å². The fourth-order valence-corrected chi connectivity index (χ4v) is 1.76. The Morgan fingerprint density at radius 1 is 1.67 bits per heavy atom. The fourth-order valence-electron chi connectivity index (χ4n) is 1.76. The van der Waals surface area contributed by atoms with Gasteiger partial charge in [0, 0.05) is 30.8 Å². The highest BCUT2D eigenvalue weighted by Gasteiger charge is 2.20. The van der Waals surface area contributed by atoms with Crippen molar-refractivity contribution in [3.63, 3.8) is 0 Å². The standard InChI is InChI=1S/C11H19N3O/c1-8(2)12-6-10-5-11(14-13-10)9-3-4-15-7-9/h5,8-9,12H,3-4,6-7H2,1-2H3,(H,13,14). The molecule has 1 aromatic rings. The largest absolute Gasteiger partial charge is 0.381 e. The average Bonchev–Trinajstić information content (AvgIpc) is 2.85. The molecule has 1 atom stereocenters. The topological polar surface area (TPSA) is 49.9 Å². The normalized spacial score (nSPS) is 21.4. The van der Waals surface area contributed by atoms with E-state index in [-0.39, 0.29) is 0 Å². The van der Waals surface area contributed by atoms with E-state index in [1.807, 2.05) is 0 Å². The second kappa shape index (κ2) is 4.77. The van der Waals surface area contributed by atoms with E-state index in [4.69, 9.17) is 4.74 Å². The summed E-state index contributed by atoms with van der Waals surface area (Å²) in [4.78, 5) is 0. The first-order chi connectivity index (χ1) is 7.25. The number of aromatic nitrogens is 2. The summed E-state index contributed by atoms with van der Waals surface area (Å²) in [6.07, 6.45) is 1.10. The van der Waals surface area contributed by atoms with Crippen molar-refractivity contribution in [2.24, 2.45) is 0 Å².